The van der Waals surface area contributed by atoms with Gasteiger partial charge in [-0.15, -0.1) is 0 Å². The number of piperazine rings is 1. The SMILES string of the molecule is Cc1ccc(CN2CCN(C(=O)OC(C(F)(F)F)C(F)(F)F)CC2)c(C2CCN(CC(=O)OC(C)(C)C)CC2)c1. The van der Waals surface area contributed by atoms with Crippen molar-refractivity contribution in [3.63, 3.8) is 0 Å². The molecule has 13 heteroatoms. The summed E-state index contributed by atoms with van der Waals surface area (Å²) in [5, 5.41) is 0. The van der Waals surface area contributed by atoms with Crippen LogP contribution in [0.5, 0.6) is 0 Å². The molecule has 2 aliphatic heterocycles. The second-order valence-corrected chi connectivity index (χ2v) is 11.4. The normalized spacial score (nSPS) is 18.7. The molecular formula is C27H37F6N3O4. The summed E-state index contributed by atoms with van der Waals surface area (Å²) in [6.07, 6.45) is -15.6. The van der Waals surface area contributed by atoms with Crippen molar-refractivity contribution in [1.82, 2.24) is 14.7 Å². The molecule has 40 heavy (non-hydrogen) atoms. The Balaban J connectivity index is 1.55. The third-order valence-corrected chi connectivity index (χ3v) is 6.94. The van der Waals surface area contributed by atoms with Crippen LogP contribution in [0, 0.1) is 6.92 Å². The van der Waals surface area contributed by atoms with Crippen LogP contribution in [-0.2, 0) is 20.8 Å². The molecule has 0 radical (unpaired) electrons. The third kappa shape index (κ3) is 9.25. The van der Waals surface area contributed by atoms with Crippen molar-refractivity contribution in [3.05, 3.63) is 34.9 Å². The number of alkyl halides is 6. The van der Waals surface area contributed by atoms with Gasteiger partial charge in [-0.25, -0.2) is 4.79 Å². The first-order valence-corrected chi connectivity index (χ1v) is 13.3. The molecule has 0 N–H and O–H groups in total. The summed E-state index contributed by atoms with van der Waals surface area (Å²) in [7, 11) is 0. The fraction of sp³-hybridized carbons (Fsp3) is 0.704. The fourth-order valence-electron chi connectivity index (χ4n) is 5.02. The van der Waals surface area contributed by atoms with Gasteiger partial charge < -0.3 is 14.4 Å². The minimum absolute atomic E-state index is 0.0501. The van der Waals surface area contributed by atoms with E-state index in [0.29, 0.717) is 6.54 Å². The number of halogens is 6. The number of benzene rings is 1. The van der Waals surface area contributed by atoms with Gasteiger partial charge in [0.1, 0.15) is 5.60 Å². The van der Waals surface area contributed by atoms with E-state index in [1.54, 1.807) is 0 Å². The number of hydrogen-bond acceptors (Lipinski definition) is 6. The number of ether oxygens (including phenoxy) is 2. The van der Waals surface area contributed by atoms with Crippen molar-refractivity contribution >= 4 is 12.1 Å². The highest BCUT2D eigenvalue weighted by Crippen LogP contribution is 2.36. The van der Waals surface area contributed by atoms with E-state index in [-0.39, 0.29) is 44.6 Å². The van der Waals surface area contributed by atoms with E-state index in [2.05, 4.69) is 15.7 Å². The zero-order valence-electron chi connectivity index (χ0n) is 23.2. The smallest absolute Gasteiger partial charge is 0.434 e. The molecule has 0 aromatic heterocycles. The Labute approximate surface area is 230 Å². The first-order valence-electron chi connectivity index (χ1n) is 13.3. The van der Waals surface area contributed by atoms with Gasteiger partial charge in [-0.2, -0.15) is 26.3 Å². The van der Waals surface area contributed by atoms with Crippen LogP contribution < -0.4 is 0 Å². The number of carbonyl (C=O) groups is 2. The lowest BCUT2D eigenvalue weighted by Crippen LogP contribution is -2.52. The number of likely N-dealkylation sites (tertiary alicyclic amines) is 1. The maximum Gasteiger partial charge on any atom is 0.434 e. The van der Waals surface area contributed by atoms with Crippen LogP contribution in [0.1, 0.15) is 56.2 Å². The molecule has 0 atom stereocenters. The summed E-state index contributed by atoms with van der Waals surface area (Å²) >= 11 is 0. The highest BCUT2D eigenvalue weighted by Gasteiger charge is 2.60. The minimum atomic E-state index is -5.75. The molecule has 7 nitrogen and oxygen atoms in total. The fourth-order valence-corrected chi connectivity index (χ4v) is 5.02. The van der Waals surface area contributed by atoms with E-state index in [4.69, 9.17) is 4.74 Å². The zero-order chi connectivity index (χ0) is 29.9. The third-order valence-electron chi connectivity index (χ3n) is 6.94. The van der Waals surface area contributed by atoms with Crippen LogP contribution in [0.3, 0.4) is 0 Å². The average molecular weight is 582 g/mol. The topological polar surface area (TPSA) is 62.3 Å². The average Bonchev–Trinajstić information content (AvgIpc) is 2.82. The van der Waals surface area contributed by atoms with Crippen molar-refractivity contribution in [2.45, 2.75) is 77.1 Å². The monoisotopic (exact) mass is 581 g/mol. The largest absolute Gasteiger partial charge is 0.459 e. The van der Waals surface area contributed by atoms with Crippen LogP contribution >= 0.6 is 0 Å². The van der Waals surface area contributed by atoms with Crippen molar-refractivity contribution < 1.29 is 45.4 Å². The predicted octanol–water partition coefficient (Wildman–Crippen LogP) is 5.26. The minimum Gasteiger partial charge on any atom is -0.459 e. The Morgan fingerprint density at radius 3 is 2.00 bits per heavy atom. The molecule has 3 rings (SSSR count). The van der Waals surface area contributed by atoms with Gasteiger partial charge in [-0.3, -0.25) is 14.6 Å². The number of carbonyl (C=O) groups excluding carboxylic acids is 2. The van der Waals surface area contributed by atoms with Gasteiger partial charge in [0.2, 0.25) is 0 Å². The second-order valence-electron chi connectivity index (χ2n) is 11.4. The summed E-state index contributed by atoms with van der Waals surface area (Å²) in [5.74, 6) is 0.0280. The van der Waals surface area contributed by atoms with Gasteiger partial charge in [-0.05, 0) is 70.7 Å². The van der Waals surface area contributed by atoms with Crippen LogP contribution in [0.15, 0.2) is 18.2 Å². The van der Waals surface area contributed by atoms with Crippen LogP contribution in [0.2, 0.25) is 0 Å². The maximum atomic E-state index is 12.8. The van der Waals surface area contributed by atoms with Crippen molar-refractivity contribution in [1.29, 1.82) is 0 Å². The number of rotatable bonds is 6. The van der Waals surface area contributed by atoms with E-state index >= 15 is 0 Å². The Kier molecular flexibility index (Phi) is 10.0. The van der Waals surface area contributed by atoms with Gasteiger partial charge in [-0.1, -0.05) is 23.8 Å². The highest BCUT2D eigenvalue weighted by molar-refractivity contribution is 5.72. The van der Waals surface area contributed by atoms with Crippen LogP contribution in [-0.4, -0.2) is 96.6 Å². The summed E-state index contributed by atoms with van der Waals surface area (Å²) in [5.41, 5.74) is 2.84. The predicted molar refractivity (Wildman–Crippen MR) is 135 cm³/mol. The van der Waals surface area contributed by atoms with Gasteiger partial charge in [0, 0.05) is 32.7 Å². The quantitative estimate of drug-likeness (QED) is 0.337. The zero-order valence-corrected chi connectivity index (χ0v) is 23.2. The number of nitrogens with zero attached hydrogens (tertiary/aromatic N) is 3. The second kappa shape index (κ2) is 12.5. The molecule has 0 bridgehead atoms. The number of piperidine rings is 1. The van der Waals surface area contributed by atoms with Crippen LogP contribution in [0.25, 0.3) is 0 Å². The lowest BCUT2D eigenvalue weighted by atomic mass is 9.85. The van der Waals surface area contributed by atoms with Gasteiger partial charge in [0.05, 0.1) is 6.54 Å². The molecule has 0 saturated carbocycles. The lowest BCUT2D eigenvalue weighted by molar-refractivity contribution is -0.308. The summed E-state index contributed by atoms with van der Waals surface area (Å²) in [6, 6.07) is 6.18. The highest BCUT2D eigenvalue weighted by atomic mass is 19.4. The molecule has 1 amide bonds. The first-order chi connectivity index (χ1) is 18.4. The van der Waals surface area contributed by atoms with Gasteiger partial charge in [0.25, 0.3) is 6.10 Å². The number of hydrogen-bond donors (Lipinski definition) is 0. The number of esters is 1. The van der Waals surface area contributed by atoms with E-state index in [0.717, 1.165) is 42.0 Å². The number of amides is 1. The van der Waals surface area contributed by atoms with E-state index in [9.17, 15) is 35.9 Å². The molecule has 2 saturated heterocycles. The molecule has 2 heterocycles. The molecule has 2 fully saturated rings. The molecule has 0 spiro atoms. The van der Waals surface area contributed by atoms with Crippen molar-refractivity contribution in [2.24, 2.45) is 0 Å². The van der Waals surface area contributed by atoms with Crippen LogP contribution in [0.4, 0.5) is 31.1 Å². The first kappa shape index (κ1) is 32.0. The summed E-state index contributed by atoms with van der Waals surface area (Å²) < 4.78 is 85.8. The Morgan fingerprint density at radius 1 is 0.900 bits per heavy atom. The Morgan fingerprint density at radius 2 is 1.48 bits per heavy atom. The van der Waals surface area contributed by atoms with E-state index < -0.39 is 30.2 Å². The van der Waals surface area contributed by atoms with Crippen molar-refractivity contribution in [3.8, 4) is 0 Å². The molecule has 0 aliphatic carbocycles. The van der Waals surface area contributed by atoms with E-state index in [1.807, 2.05) is 44.7 Å². The molecule has 2 aliphatic rings. The molecule has 1 aromatic carbocycles. The summed E-state index contributed by atoms with van der Waals surface area (Å²) in [6.45, 7) is 10.2. The van der Waals surface area contributed by atoms with Gasteiger partial charge in [0.15, 0.2) is 0 Å². The molecule has 1 aromatic rings. The Bertz CT molecular complexity index is 1010. The standard InChI is InChI=1S/C27H37F6N3O4/c1-18-5-6-20(21(15-18)19-7-9-34(10-8-19)17-22(37)40-25(2,3)4)16-35-11-13-36(14-12-35)24(38)39-23(26(28,29)30)27(31,32)33/h5-6,15,19,23H,7-14,16-17H2,1-4H3. The van der Waals surface area contributed by atoms with Gasteiger partial charge >= 0.3 is 24.4 Å². The Hall–Kier alpha value is -2.54. The summed E-state index contributed by atoms with van der Waals surface area (Å²) in [4.78, 5) is 29.3. The molecule has 226 valence electrons. The number of aryl methyl sites for hydroxylation is 1. The maximum absolute atomic E-state index is 12.8. The lowest BCUT2D eigenvalue weighted by Gasteiger charge is -2.36. The molecule has 0 unspecified atom stereocenters. The van der Waals surface area contributed by atoms with E-state index in [1.165, 1.54) is 5.56 Å². The van der Waals surface area contributed by atoms with Crippen molar-refractivity contribution in [2.75, 3.05) is 45.8 Å². The molecular weight excluding hydrogens is 544 g/mol.